The van der Waals surface area contributed by atoms with Crippen LogP contribution in [0.1, 0.15) is 29.7 Å². The number of rotatable bonds is 8. The number of benzene rings is 3. The average Bonchev–Trinajstić information content (AvgIpc) is 3.30. The van der Waals surface area contributed by atoms with E-state index >= 15 is 0 Å². The number of hydrogen-bond donors (Lipinski definition) is 0. The number of methoxy groups -OCH3 is 3. The first kappa shape index (κ1) is 28.6. The van der Waals surface area contributed by atoms with Gasteiger partial charge in [-0.1, -0.05) is 53.8 Å². The number of aromatic nitrogens is 1. The van der Waals surface area contributed by atoms with Gasteiger partial charge in [-0.2, -0.15) is 0 Å². The Morgan fingerprint density at radius 2 is 1.68 bits per heavy atom. The lowest BCUT2D eigenvalue weighted by molar-refractivity contribution is -0.138. The van der Waals surface area contributed by atoms with Crippen molar-refractivity contribution < 1.29 is 23.7 Å². The molecule has 8 nitrogen and oxygen atoms in total. The topological polar surface area (TPSA) is 88.4 Å². The molecule has 0 fully saturated rings. The van der Waals surface area contributed by atoms with Crippen LogP contribution in [0.5, 0.6) is 17.2 Å². The van der Waals surface area contributed by atoms with E-state index in [4.69, 9.17) is 23.9 Å². The van der Waals surface area contributed by atoms with Crippen molar-refractivity contribution in [3.05, 3.63) is 112 Å². The van der Waals surface area contributed by atoms with Gasteiger partial charge < -0.3 is 18.9 Å². The fourth-order valence-corrected chi connectivity index (χ4v) is 6.46. The molecule has 1 aliphatic rings. The molecule has 0 N–H and O–H groups in total. The van der Waals surface area contributed by atoms with Crippen LogP contribution in [0.15, 0.2) is 82.1 Å². The summed E-state index contributed by atoms with van der Waals surface area (Å²) in [4.78, 5) is 33.1. The van der Waals surface area contributed by atoms with Crippen molar-refractivity contribution in [1.82, 2.24) is 4.57 Å². The first-order valence-electron chi connectivity index (χ1n) is 12.7. The van der Waals surface area contributed by atoms with Gasteiger partial charge in [-0.3, -0.25) is 9.36 Å². The monoisotopic (exact) mass is 682 g/mol. The number of esters is 1. The molecule has 1 aliphatic heterocycles. The predicted molar refractivity (Wildman–Crippen MR) is 166 cm³/mol. The molecule has 2 heterocycles. The van der Waals surface area contributed by atoms with Crippen LogP contribution >= 0.6 is 33.9 Å². The van der Waals surface area contributed by atoms with E-state index in [9.17, 15) is 9.59 Å². The fourth-order valence-electron chi connectivity index (χ4n) is 4.70. The highest BCUT2D eigenvalue weighted by Crippen LogP contribution is 2.38. The summed E-state index contributed by atoms with van der Waals surface area (Å²) in [5.41, 5.74) is 2.69. The number of thiazole rings is 1. The first-order chi connectivity index (χ1) is 19.9. The van der Waals surface area contributed by atoms with Crippen molar-refractivity contribution in [2.24, 2.45) is 4.99 Å². The molecule has 4 aromatic rings. The Balaban J connectivity index is 1.82. The first-order valence-corrected chi connectivity index (χ1v) is 14.6. The van der Waals surface area contributed by atoms with Gasteiger partial charge in [0, 0.05) is 5.56 Å². The maximum atomic E-state index is 14.1. The molecule has 0 radical (unpaired) electrons. The molecule has 0 saturated heterocycles. The molecule has 41 heavy (non-hydrogen) atoms. The Morgan fingerprint density at radius 3 is 2.34 bits per heavy atom. The Morgan fingerprint density at radius 1 is 0.976 bits per heavy atom. The highest BCUT2D eigenvalue weighted by molar-refractivity contribution is 14.1. The van der Waals surface area contributed by atoms with E-state index < -0.39 is 12.0 Å². The molecule has 3 aromatic carbocycles. The van der Waals surface area contributed by atoms with Gasteiger partial charge in [0.1, 0.15) is 5.75 Å². The van der Waals surface area contributed by atoms with Gasteiger partial charge in [-0.25, -0.2) is 9.79 Å². The zero-order valence-corrected chi connectivity index (χ0v) is 25.8. The van der Waals surface area contributed by atoms with Crippen LogP contribution in [0, 0.1) is 3.57 Å². The van der Waals surface area contributed by atoms with E-state index in [-0.39, 0.29) is 17.7 Å². The summed E-state index contributed by atoms with van der Waals surface area (Å²) in [6, 6.07) is 19.7. The van der Waals surface area contributed by atoms with E-state index in [0.29, 0.717) is 32.1 Å². The van der Waals surface area contributed by atoms with Crippen LogP contribution in [0.3, 0.4) is 0 Å². The van der Waals surface area contributed by atoms with Crippen LogP contribution in [-0.4, -0.2) is 38.5 Å². The molecule has 210 valence electrons. The molecule has 0 aliphatic carbocycles. The van der Waals surface area contributed by atoms with Crippen LogP contribution in [0.25, 0.3) is 11.8 Å². The van der Waals surface area contributed by atoms with Gasteiger partial charge >= 0.3 is 5.97 Å². The molecule has 0 amide bonds. The van der Waals surface area contributed by atoms with Gasteiger partial charge in [0.2, 0.25) is 0 Å². The second-order valence-corrected chi connectivity index (χ2v) is 11.1. The Kier molecular flexibility index (Phi) is 8.60. The van der Waals surface area contributed by atoms with Gasteiger partial charge in [0.15, 0.2) is 16.3 Å². The molecular weight excluding hydrogens is 655 g/mol. The van der Waals surface area contributed by atoms with Crippen molar-refractivity contribution in [2.75, 3.05) is 27.9 Å². The second kappa shape index (κ2) is 12.3. The van der Waals surface area contributed by atoms with E-state index in [1.165, 1.54) is 11.3 Å². The number of carbonyl (C=O) groups is 1. The minimum absolute atomic E-state index is 0.170. The van der Waals surface area contributed by atoms with E-state index in [1.807, 2.05) is 60.7 Å². The van der Waals surface area contributed by atoms with Crippen LogP contribution < -0.4 is 29.1 Å². The maximum absolute atomic E-state index is 14.1. The second-order valence-electron chi connectivity index (χ2n) is 8.94. The number of hydrogen-bond acceptors (Lipinski definition) is 8. The summed E-state index contributed by atoms with van der Waals surface area (Å²) in [6.07, 6.45) is 1.83. The number of ether oxygens (including phenoxy) is 4. The summed E-state index contributed by atoms with van der Waals surface area (Å²) >= 11 is 3.47. The Labute approximate surface area is 254 Å². The molecule has 10 heteroatoms. The SMILES string of the molecule is CCOC(=O)C1=C(c2ccccc2)N=c2s/c(=C/c3ccc(OC)c(I)c3)c(=O)n2[C@@H]1c1ccc(OC)c(OC)c1. The Bertz CT molecular complexity index is 1830. The van der Waals surface area contributed by atoms with Crippen LogP contribution in [-0.2, 0) is 9.53 Å². The lowest BCUT2D eigenvalue weighted by atomic mass is 9.93. The quantitative estimate of drug-likeness (QED) is 0.200. The molecule has 0 bridgehead atoms. The van der Waals surface area contributed by atoms with Crippen molar-refractivity contribution in [2.45, 2.75) is 13.0 Å². The third-order valence-corrected chi connectivity index (χ3v) is 8.40. The van der Waals surface area contributed by atoms with Gasteiger partial charge in [-0.15, -0.1) is 0 Å². The molecule has 5 rings (SSSR count). The maximum Gasteiger partial charge on any atom is 0.338 e. The highest BCUT2D eigenvalue weighted by atomic mass is 127. The predicted octanol–water partition coefficient (Wildman–Crippen LogP) is 4.57. The van der Waals surface area contributed by atoms with E-state index in [2.05, 4.69) is 22.6 Å². The normalized spacial score (nSPS) is 14.8. The van der Waals surface area contributed by atoms with Crippen molar-refractivity contribution >= 4 is 51.7 Å². The minimum atomic E-state index is -0.821. The molecule has 0 spiro atoms. The molecule has 1 atom stereocenters. The fraction of sp³-hybridized carbons (Fsp3) is 0.194. The minimum Gasteiger partial charge on any atom is -0.496 e. The smallest absolute Gasteiger partial charge is 0.338 e. The standard InChI is InChI=1S/C31H27IN2O6S/c1-5-40-30(36)26-27(19-9-7-6-8-10-19)33-31-34(28(26)20-12-14-23(38-3)24(17-20)39-4)29(35)25(41-31)16-18-11-13-22(37-2)21(32)15-18/h6-17,28H,5H2,1-4H3/b25-16+/t28-/m1/s1. The van der Waals surface area contributed by atoms with Crippen LogP contribution in [0.2, 0.25) is 0 Å². The molecule has 0 saturated carbocycles. The zero-order chi connectivity index (χ0) is 29.1. The summed E-state index contributed by atoms with van der Waals surface area (Å²) in [6.45, 7) is 1.92. The highest BCUT2D eigenvalue weighted by Gasteiger charge is 2.35. The van der Waals surface area contributed by atoms with Crippen molar-refractivity contribution in [1.29, 1.82) is 0 Å². The summed E-state index contributed by atoms with van der Waals surface area (Å²) in [5.74, 6) is 1.21. The van der Waals surface area contributed by atoms with E-state index in [1.54, 1.807) is 45.0 Å². The molecule has 0 unspecified atom stereocenters. The van der Waals surface area contributed by atoms with Gasteiger partial charge in [0.05, 0.1) is 53.4 Å². The van der Waals surface area contributed by atoms with Crippen molar-refractivity contribution in [3.8, 4) is 17.2 Å². The lowest BCUT2D eigenvalue weighted by Gasteiger charge is -2.26. The number of nitrogens with zero attached hydrogens (tertiary/aromatic N) is 2. The average molecular weight is 683 g/mol. The van der Waals surface area contributed by atoms with Crippen molar-refractivity contribution in [3.63, 3.8) is 0 Å². The summed E-state index contributed by atoms with van der Waals surface area (Å²) in [7, 11) is 4.72. The van der Waals surface area contributed by atoms with Gasteiger partial charge in [0.25, 0.3) is 5.56 Å². The third-order valence-electron chi connectivity index (χ3n) is 6.57. The summed E-state index contributed by atoms with van der Waals surface area (Å²) in [5, 5.41) is 0. The Hall–Kier alpha value is -3.90. The van der Waals surface area contributed by atoms with Gasteiger partial charge in [-0.05, 0) is 71.0 Å². The third kappa shape index (κ3) is 5.53. The lowest BCUT2D eigenvalue weighted by Crippen LogP contribution is -2.40. The zero-order valence-electron chi connectivity index (χ0n) is 22.8. The largest absolute Gasteiger partial charge is 0.496 e. The molecular formula is C31H27IN2O6S. The molecule has 1 aromatic heterocycles. The van der Waals surface area contributed by atoms with E-state index in [0.717, 1.165) is 20.4 Å². The summed E-state index contributed by atoms with van der Waals surface area (Å²) < 4.78 is 24.9. The number of halogens is 1. The van der Waals surface area contributed by atoms with Crippen LogP contribution in [0.4, 0.5) is 0 Å². The number of fused-ring (bicyclic) bond motifs is 1. The number of carbonyl (C=O) groups excluding carboxylic acids is 1.